The van der Waals surface area contributed by atoms with Crippen molar-refractivity contribution in [3.8, 4) is 5.75 Å². The predicted molar refractivity (Wildman–Crippen MR) is 68.1 cm³/mol. The van der Waals surface area contributed by atoms with Crippen LogP contribution in [0.5, 0.6) is 5.75 Å². The van der Waals surface area contributed by atoms with Gasteiger partial charge >= 0.3 is 5.97 Å². The van der Waals surface area contributed by atoms with E-state index in [4.69, 9.17) is 9.84 Å². The smallest absolute Gasteiger partial charge is 0.328 e. The minimum absolute atomic E-state index is 0.324. The van der Waals surface area contributed by atoms with Crippen LogP contribution >= 0.6 is 0 Å². The first-order valence-electron chi connectivity index (χ1n) is 5.79. The van der Waals surface area contributed by atoms with E-state index >= 15 is 0 Å². The van der Waals surface area contributed by atoms with E-state index < -0.39 is 5.97 Å². The molecule has 18 heavy (non-hydrogen) atoms. The van der Waals surface area contributed by atoms with Crippen molar-refractivity contribution in [1.82, 2.24) is 0 Å². The summed E-state index contributed by atoms with van der Waals surface area (Å²) < 4.78 is 5.44. The molecule has 0 aliphatic rings. The van der Waals surface area contributed by atoms with E-state index in [9.17, 15) is 9.59 Å². The van der Waals surface area contributed by atoms with Gasteiger partial charge in [-0.2, -0.15) is 0 Å². The van der Waals surface area contributed by atoms with Gasteiger partial charge in [-0.25, -0.2) is 4.79 Å². The number of hydrogen-bond acceptors (Lipinski definition) is 3. The third-order valence-electron chi connectivity index (χ3n) is 2.40. The predicted octanol–water partition coefficient (Wildman–Crippen LogP) is 2.47. The minimum atomic E-state index is -1.13. The van der Waals surface area contributed by atoms with Gasteiger partial charge in [0.1, 0.15) is 5.75 Å². The molecule has 4 nitrogen and oxygen atoms in total. The van der Waals surface area contributed by atoms with E-state index in [0.29, 0.717) is 12.2 Å². The molecule has 0 atom stereocenters. The third kappa shape index (κ3) is 3.73. The van der Waals surface area contributed by atoms with Crippen LogP contribution in [-0.2, 0) is 11.2 Å². The molecule has 0 bridgehead atoms. The van der Waals surface area contributed by atoms with Gasteiger partial charge in [-0.3, -0.25) is 4.79 Å². The maximum absolute atomic E-state index is 11.7. The Morgan fingerprint density at radius 3 is 2.56 bits per heavy atom. The van der Waals surface area contributed by atoms with Crippen LogP contribution in [0.4, 0.5) is 0 Å². The van der Waals surface area contributed by atoms with Crippen LogP contribution in [0.15, 0.2) is 30.4 Å². The van der Waals surface area contributed by atoms with Gasteiger partial charge in [0.2, 0.25) is 0 Å². The summed E-state index contributed by atoms with van der Waals surface area (Å²) in [5.41, 5.74) is 1.40. The van der Waals surface area contributed by atoms with E-state index in [1.165, 1.54) is 0 Å². The van der Waals surface area contributed by atoms with Crippen LogP contribution in [0.25, 0.3) is 0 Å². The summed E-state index contributed by atoms with van der Waals surface area (Å²) in [7, 11) is 0. The van der Waals surface area contributed by atoms with E-state index in [1.807, 2.05) is 13.8 Å². The van der Waals surface area contributed by atoms with Gasteiger partial charge in [-0.15, -0.1) is 0 Å². The van der Waals surface area contributed by atoms with Gasteiger partial charge in [-0.05, 0) is 43.2 Å². The first-order chi connectivity index (χ1) is 8.58. The Balaban J connectivity index is 2.97. The Bertz CT molecular complexity index is 475. The Morgan fingerprint density at radius 1 is 1.28 bits per heavy atom. The Kier molecular flexibility index (Phi) is 5.11. The van der Waals surface area contributed by atoms with Crippen molar-refractivity contribution in [1.29, 1.82) is 0 Å². The molecule has 0 saturated carbocycles. The van der Waals surface area contributed by atoms with Crippen molar-refractivity contribution in [3.63, 3.8) is 0 Å². The molecule has 1 aromatic rings. The van der Waals surface area contributed by atoms with Gasteiger partial charge < -0.3 is 9.84 Å². The first kappa shape index (κ1) is 14.0. The highest BCUT2D eigenvalue weighted by Gasteiger charge is 2.07. The van der Waals surface area contributed by atoms with Crippen LogP contribution in [0, 0.1) is 0 Å². The summed E-state index contributed by atoms with van der Waals surface area (Å²) in [5, 5.41) is 8.47. The highest BCUT2D eigenvalue weighted by molar-refractivity contribution is 6.07. The molecule has 0 amide bonds. The number of aliphatic carboxylic acids is 1. The quantitative estimate of drug-likeness (QED) is 0.620. The van der Waals surface area contributed by atoms with Crippen LogP contribution in [0.1, 0.15) is 29.8 Å². The summed E-state index contributed by atoms with van der Waals surface area (Å²) >= 11 is 0. The SMILES string of the molecule is CCOc1ccc(C(=O)/C=C/C(=O)O)cc1CC. The van der Waals surface area contributed by atoms with Crippen molar-refractivity contribution in [2.24, 2.45) is 0 Å². The highest BCUT2D eigenvalue weighted by Crippen LogP contribution is 2.21. The van der Waals surface area contributed by atoms with E-state index in [-0.39, 0.29) is 5.78 Å². The number of ether oxygens (including phenoxy) is 1. The van der Waals surface area contributed by atoms with Crippen molar-refractivity contribution in [2.75, 3.05) is 6.61 Å². The van der Waals surface area contributed by atoms with E-state index in [0.717, 1.165) is 29.9 Å². The molecule has 0 heterocycles. The van der Waals surface area contributed by atoms with Crippen LogP contribution < -0.4 is 4.74 Å². The molecule has 0 fully saturated rings. The Labute approximate surface area is 106 Å². The molecule has 0 aliphatic carbocycles. The number of carbonyl (C=O) groups excluding carboxylic acids is 1. The van der Waals surface area contributed by atoms with Gasteiger partial charge in [0.15, 0.2) is 5.78 Å². The number of ketones is 1. The summed E-state index contributed by atoms with van der Waals surface area (Å²) in [6, 6.07) is 5.11. The molecule has 0 unspecified atom stereocenters. The normalized spacial score (nSPS) is 10.6. The van der Waals surface area contributed by atoms with Crippen LogP contribution in [0.2, 0.25) is 0 Å². The van der Waals surface area contributed by atoms with Gasteiger partial charge in [0.25, 0.3) is 0 Å². The van der Waals surface area contributed by atoms with Crippen molar-refractivity contribution < 1.29 is 19.4 Å². The zero-order valence-electron chi connectivity index (χ0n) is 10.5. The fourth-order valence-electron chi connectivity index (χ4n) is 1.55. The molecule has 0 radical (unpaired) electrons. The summed E-state index contributed by atoms with van der Waals surface area (Å²) in [6.45, 7) is 4.44. The standard InChI is InChI=1S/C14H16O4/c1-3-10-9-11(5-7-13(10)18-4-2)12(15)6-8-14(16)17/h5-9H,3-4H2,1-2H3,(H,16,17)/b8-6+. The number of carbonyl (C=O) groups is 2. The number of carboxylic acids is 1. The molecule has 0 aliphatic heterocycles. The number of rotatable bonds is 6. The average Bonchev–Trinajstić information content (AvgIpc) is 2.36. The molecule has 1 N–H and O–H groups in total. The van der Waals surface area contributed by atoms with Crippen molar-refractivity contribution in [3.05, 3.63) is 41.5 Å². The average molecular weight is 248 g/mol. The number of allylic oxidation sites excluding steroid dienone is 1. The fraction of sp³-hybridized carbons (Fsp3) is 0.286. The molecular weight excluding hydrogens is 232 g/mol. The molecule has 1 aromatic carbocycles. The fourth-order valence-corrected chi connectivity index (χ4v) is 1.55. The lowest BCUT2D eigenvalue weighted by atomic mass is 10.0. The number of carboxylic acid groups (broad SMARTS) is 1. The van der Waals surface area contributed by atoms with E-state index in [2.05, 4.69) is 0 Å². The van der Waals surface area contributed by atoms with Crippen molar-refractivity contribution >= 4 is 11.8 Å². The second kappa shape index (κ2) is 6.59. The molecule has 4 heteroatoms. The Morgan fingerprint density at radius 2 is 2.00 bits per heavy atom. The molecule has 0 saturated heterocycles. The molecule has 96 valence electrons. The molecule has 0 aromatic heterocycles. The molecular formula is C14H16O4. The number of aryl methyl sites for hydroxylation is 1. The second-order valence-corrected chi connectivity index (χ2v) is 3.64. The number of hydrogen-bond donors (Lipinski definition) is 1. The van der Waals surface area contributed by atoms with E-state index in [1.54, 1.807) is 18.2 Å². The molecule has 0 spiro atoms. The Hall–Kier alpha value is -2.10. The minimum Gasteiger partial charge on any atom is -0.494 e. The van der Waals surface area contributed by atoms with Gasteiger partial charge in [0, 0.05) is 11.6 Å². The monoisotopic (exact) mass is 248 g/mol. The first-order valence-corrected chi connectivity index (χ1v) is 5.79. The summed E-state index contributed by atoms with van der Waals surface area (Å²) in [6.07, 6.45) is 2.64. The molecule has 1 rings (SSSR count). The highest BCUT2D eigenvalue weighted by atomic mass is 16.5. The maximum Gasteiger partial charge on any atom is 0.328 e. The van der Waals surface area contributed by atoms with Gasteiger partial charge in [-0.1, -0.05) is 6.92 Å². The summed E-state index contributed by atoms with van der Waals surface area (Å²) in [4.78, 5) is 22.0. The largest absolute Gasteiger partial charge is 0.494 e. The second-order valence-electron chi connectivity index (χ2n) is 3.64. The number of benzene rings is 1. The summed E-state index contributed by atoms with van der Waals surface area (Å²) in [5.74, 6) is -0.695. The third-order valence-corrected chi connectivity index (χ3v) is 2.40. The zero-order valence-corrected chi connectivity index (χ0v) is 10.5. The van der Waals surface area contributed by atoms with Crippen LogP contribution in [0.3, 0.4) is 0 Å². The lowest BCUT2D eigenvalue weighted by molar-refractivity contribution is -0.131. The maximum atomic E-state index is 11.7. The lowest BCUT2D eigenvalue weighted by Gasteiger charge is -2.09. The van der Waals surface area contributed by atoms with Gasteiger partial charge in [0.05, 0.1) is 6.61 Å². The topological polar surface area (TPSA) is 63.6 Å². The van der Waals surface area contributed by atoms with Crippen molar-refractivity contribution in [2.45, 2.75) is 20.3 Å². The van der Waals surface area contributed by atoms with Crippen LogP contribution in [-0.4, -0.2) is 23.5 Å². The lowest BCUT2D eigenvalue weighted by Crippen LogP contribution is -2.01. The zero-order chi connectivity index (χ0) is 13.5.